The van der Waals surface area contributed by atoms with Crippen LogP contribution in [-0.4, -0.2) is 17.1 Å². The zero-order valence-electron chi connectivity index (χ0n) is 12.8. The Bertz CT molecular complexity index is 577. The van der Waals surface area contributed by atoms with Crippen molar-refractivity contribution in [1.82, 2.24) is 0 Å². The van der Waals surface area contributed by atoms with Gasteiger partial charge in [-0.05, 0) is 11.1 Å². The molecule has 7 heteroatoms. The predicted octanol–water partition coefficient (Wildman–Crippen LogP) is 3.01. The van der Waals surface area contributed by atoms with E-state index in [-0.39, 0.29) is 19.6 Å². The fraction of sp³-hybridized carbons (Fsp3) is 0.176. The van der Waals surface area contributed by atoms with Gasteiger partial charge in [0.05, 0.1) is 0 Å². The number of ether oxygens (including phenoxy) is 2. The Morgan fingerprint density at radius 1 is 0.792 bits per heavy atom. The molecule has 0 bridgehead atoms. The van der Waals surface area contributed by atoms with Crippen LogP contribution in [0.5, 0.6) is 0 Å². The van der Waals surface area contributed by atoms with Gasteiger partial charge in [-0.15, -0.1) is 4.91 Å². The van der Waals surface area contributed by atoms with Crippen LogP contribution in [-0.2, 0) is 32.3 Å². The molecule has 2 aromatic carbocycles. The van der Waals surface area contributed by atoms with E-state index in [1.165, 1.54) is 5.34 Å². The van der Waals surface area contributed by atoms with Crippen LogP contribution in [0.25, 0.3) is 0 Å². The first-order valence-electron chi connectivity index (χ1n) is 7.01. The number of nitrogens with zero attached hydrogens (tertiary/aromatic N) is 1. The van der Waals surface area contributed by atoms with Gasteiger partial charge >= 0.3 is 11.9 Å². The second-order valence-corrected chi connectivity index (χ2v) is 4.55. The first-order valence-corrected chi connectivity index (χ1v) is 7.01. The minimum absolute atomic E-state index is 0.158. The van der Waals surface area contributed by atoms with E-state index in [9.17, 15) is 9.59 Å². The third-order valence-electron chi connectivity index (χ3n) is 2.77. The maximum absolute atomic E-state index is 11.5. The molecule has 0 aliphatic heterocycles. The summed E-state index contributed by atoms with van der Waals surface area (Å²) in [5.41, 5.74) is 1.76. The quantitative estimate of drug-likeness (QED) is 0.378. The molecule has 0 unspecified atom stereocenters. The molecule has 2 aromatic rings. The summed E-state index contributed by atoms with van der Waals surface area (Å²) in [6.45, 7) is 0.317. The summed E-state index contributed by atoms with van der Waals surface area (Å²) >= 11 is 0. The van der Waals surface area contributed by atoms with Crippen molar-refractivity contribution in [3.8, 4) is 0 Å². The van der Waals surface area contributed by atoms with Gasteiger partial charge in [0, 0.05) is 0 Å². The second kappa shape index (κ2) is 11.4. The first kappa shape index (κ1) is 18.8. The van der Waals surface area contributed by atoms with Crippen molar-refractivity contribution in [2.75, 3.05) is 0 Å². The molecule has 0 aliphatic carbocycles. The van der Waals surface area contributed by atoms with E-state index in [4.69, 9.17) is 19.6 Å². The number of carbonyl (C=O) groups is 2. The molecular formula is C17H17NO6. The Morgan fingerprint density at radius 2 is 1.12 bits per heavy atom. The lowest BCUT2D eigenvalue weighted by Crippen LogP contribution is -2.13. The van der Waals surface area contributed by atoms with Gasteiger partial charge in [-0.1, -0.05) is 60.7 Å². The van der Waals surface area contributed by atoms with Gasteiger partial charge in [0.25, 0.3) is 0 Å². The minimum atomic E-state index is -0.586. The highest BCUT2D eigenvalue weighted by Crippen LogP contribution is 2.04. The topological polar surface area (TPSA) is 102 Å². The third-order valence-corrected chi connectivity index (χ3v) is 2.77. The Hall–Kier alpha value is -3.22. The van der Waals surface area contributed by atoms with Crippen molar-refractivity contribution in [1.29, 1.82) is 0 Å². The molecule has 2 rings (SSSR count). The number of rotatable bonds is 6. The molecule has 0 spiro atoms. The van der Waals surface area contributed by atoms with E-state index >= 15 is 0 Å². The fourth-order valence-corrected chi connectivity index (χ4v) is 1.70. The lowest BCUT2D eigenvalue weighted by Gasteiger charge is -2.06. The van der Waals surface area contributed by atoms with E-state index < -0.39 is 11.9 Å². The second-order valence-electron chi connectivity index (χ2n) is 4.55. The summed E-state index contributed by atoms with van der Waals surface area (Å²) in [5.74, 6) is -1.17. The van der Waals surface area contributed by atoms with E-state index in [0.717, 1.165) is 11.1 Å². The number of hydrogen-bond acceptors (Lipinski definition) is 6. The zero-order valence-corrected chi connectivity index (χ0v) is 12.8. The van der Waals surface area contributed by atoms with E-state index in [2.05, 4.69) is 0 Å². The van der Waals surface area contributed by atoms with Crippen LogP contribution in [0.3, 0.4) is 0 Å². The fourth-order valence-electron chi connectivity index (χ4n) is 1.70. The highest BCUT2D eigenvalue weighted by molar-refractivity contribution is 5.91. The Balaban J connectivity index is 0.000000891. The van der Waals surface area contributed by atoms with Crippen LogP contribution in [0.15, 0.2) is 66.0 Å². The van der Waals surface area contributed by atoms with Gasteiger partial charge in [0.1, 0.15) is 19.6 Å². The first-order chi connectivity index (χ1) is 11.7. The van der Waals surface area contributed by atoms with E-state index in [1.807, 2.05) is 60.7 Å². The van der Waals surface area contributed by atoms with Crippen LogP contribution >= 0.6 is 0 Å². The summed E-state index contributed by atoms with van der Waals surface area (Å²) in [5, 5.41) is 7.89. The van der Waals surface area contributed by atoms with Gasteiger partial charge in [0.15, 0.2) is 5.34 Å². The average Bonchev–Trinajstić information content (AvgIpc) is 2.61. The molecule has 0 saturated heterocycles. The van der Waals surface area contributed by atoms with Crippen molar-refractivity contribution in [2.24, 2.45) is 5.34 Å². The number of benzene rings is 2. The predicted molar refractivity (Wildman–Crippen MR) is 84.7 cm³/mol. The largest absolute Gasteiger partial charge is 0.460 e. The molecule has 126 valence electrons. The standard InChI is InChI=1S/C17H16O4.HNO2/c18-16(20-12-14-7-3-1-4-8-14)11-17(19)21-13-15-9-5-2-6-10-15;2-1-3/h1-10H,11-13H2;(H,2,3). The summed E-state index contributed by atoms with van der Waals surface area (Å²) in [7, 11) is 0. The van der Waals surface area contributed by atoms with Crippen molar-refractivity contribution in [2.45, 2.75) is 19.6 Å². The highest BCUT2D eigenvalue weighted by Gasteiger charge is 2.12. The number of carbonyl (C=O) groups excluding carboxylic acids is 2. The van der Waals surface area contributed by atoms with Gasteiger partial charge in [-0.3, -0.25) is 9.59 Å². The smallest absolute Gasteiger partial charge is 0.317 e. The van der Waals surface area contributed by atoms with Crippen LogP contribution < -0.4 is 0 Å². The van der Waals surface area contributed by atoms with Crippen LogP contribution in [0.4, 0.5) is 0 Å². The summed E-state index contributed by atoms with van der Waals surface area (Å²) in [6.07, 6.45) is -0.375. The summed E-state index contributed by atoms with van der Waals surface area (Å²) in [4.78, 5) is 31.1. The summed E-state index contributed by atoms with van der Waals surface area (Å²) < 4.78 is 10.0. The molecule has 7 nitrogen and oxygen atoms in total. The van der Waals surface area contributed by atoms with Crippen LogP contribution in [0.2, 0.25) is 0 Å². The van der Waals surface area contributed by atoms with Crippen molar-refractivity contribution < 1.29 is 24.3 Å². The lowest BCUT2D eigenvalue weighted by atomic mass is 10.2. The SMILES string of the molecule is O=C(CC(=O)OCc1ccccc1)OCc1ccccc1.O=NO. The maximum atomic E-state index is 11.5. The Labute approximate surface area is 138 Å². The highest BCUT2D eigenvalue weighted by atomic mass is 16.6. The van der Waals surface area contributed by atoms with E-state index in [0.29, 0.717) is 0 Å². The molecule has 0 heterocycles. The molecule has 24 heavy (non-hydrogen) atoms. The lowest BCUT2D eigenvalue weighted by molar-refractivity contribution is -0.156. The molecule has 0 radical (unpaired) electrons. The monoisotopic (exact) mass is 331 g/mol. The summed E-state index contributed by atoms with van der Waals surface area (Å²) in [6, 6.07) is 18.6. The van der Waals surface area contributed by atoms with Gasteiger partial charge < -0.3 is 14.7 Å². The van der Waals surface area contributed by atoms with Crippen molar-refractivity contribution in [3.63, 3.8) is 0 Å². The molecule has 1 N–H and O–H groups in total. The molecule has 0 saturated carbocycles. The van der Waals surface area contributed by atoms with Crippen LogP contribution in [0, 0.1) is 4.91 Å². The average molecular weight is 331 g/mol. The van der Waals surface area contributed by atoms with Gasteiger partial charge in [-0.25, -0.2) is 0 Å². The van der Waals surface area contributed by atoms with Crippen LogP contribution in [0.1, 0.15) is 17.5 Å². The molecule has 0 aromatic heterocycles. The molecule has 0 atom stereocenters. The number of esters is 2. The zero-order chi connectivity index (χ0) is 17.6. The normalized spacial score (nSPS) is 9.17. The molecule has 0 amide bonds. The Morgan fingerprint density at radius 3 is 1.46 bits per heavy atom. The van der Waals surface area contributed by atoms with Crippen molar-refractivity contribution in [3.05, 3.63) is 76.7 Å². The van der Waals surface area contributed by atoms with E-state index in [1.54, 1.807) is 0 Å². The molecular weight excluding hydrogens is 314 g/mol. The van der Waals surface area contributed by atoms with Gasteiger partial charge in [0.2, 0.25) is 0 Å². The minimum Gasteiger partial charge on any atom is -0.460 e. The molecule has 0 fully saturated rings. The van der Waals surface area contributed by atoms with Crippen molar-refractivity contribution >= 4 is 11.9 Å². The Kier molecular flexibility index (Phi) is 8.91. The molecule has 0 aliphatic rings. The third kappa shape index (κ3) is 8.28. The number of hydrogen-bond donors (Lipinski definition) is 1. The van der Waals surface area contributed by atoms with Gasteiger partial charge in [-0.2, -0.15) is 0 Å². The maximum Gasteiger partial charge on any atom is 0.317 e.